The predicted molar refractivity (Wildman–Crippen MR) is 84.5 cm³/mol. The lowest BCUT2D eigenvalue weighted by Crippen LogP contribution is -1.90. The second-order valence-corrected chi connectivity index (χ2v) is 4.72. The molecule has 3 nitrogen and oxygen atoms in total. The molecule has 0 atom stereocenters. The molecule has 0 spiro atoms. The Labute approximate surface area is 129 Å². The fourth-order valence-corrected chi connectivity index (χ4v) is 2.03. The van der Waals surface area contributed by atoms with Gasteiger partial charge in [-0.15, -0.1) is 0 Å². The van der Waals surface area contributed by atoms with Crippen molar-refractivity contribution in [3.63, 3.8) is 0 Å². The van der Waals surface area contributed by atoms with Crippen molar-refractivity contribution >= 4 is 23.3 Å². The number of methoxy groups -OCH3 is 2. The largest absolute Gasteiger partial charge is 0.497 e. The Kier molecular flexibility index (Phi) is 4.86. The average molecular weight is 300 g/mol. The van der Waals surface area contributed by atoms with Crippen LogP contribution in [0.15, 0.2) is 42.5 Å². The molecule has 0 heterocycles. The van der Waals surface area contributed by atoms with Crippen molar-refractivity contribution < 1.29 is 9.47 Å². The number of ether oxygens (including phenoxy) is 2. The number of rotatable bonds is 4. The lowest BCUT2D eigenvalue weighted by atomic mass is 10.0. The van der Waals surface area contributed by atoms with E-state index in [-0.39, 0.29) is 0 Å². The molecular weight excluding hydrogens is 286 g/mol. The zero-order valence-corrected chi connectivity index (χ0v) is 12.5. The van der Waals surface area contributed by atoms with E-state index in [0.717, 1.165) is 11.1 Å². The molecule has 0 unspecified atom stereocenters. The van der Waals surface area contributed by atoms with E-state index in [1.807, 2.05) is 24.3 Å². The van der Waals surface area contributed by atoms with Gasteiger partial charge in [0.05, 0.1) is 25.9 Å². The summed E-state index contributed by atoms with van der Waals surface area (Å²) in [5, 5.41) is 9.99. The van der Waals surface area contributed by atoms with E-state index in [9.17, 15) is 5.26 Å². The van der Waals surface area contributed by atoms with Crippen molar-refractivity contribution in [2.45, 2.75) is 0 Å². The number of hydrogen-bond acceptors (Lipinski definition) is 3. The summed E-state index contributed by atoms with van der Waals surface area (Å²) in [7, 11) is 3.18. The smallest absolute Gasteiger partial charge is 0.129 e. The van der Waals surface area contributed by atoms with Crippen molar-refractivity contribution in [3.05, 3.63) is 58.6 Å². The van der Waals surface area contributed by atoms with Gasteiger partial charge < -0.3 is 9.47 Å². The van der Waals surface area contributed by atoms with Gasteiger partial charge in [0.2, 0.25) is 0 Å². The van der Waals surface area contributed by atoms with Crippen LogP contribution in [0.4, 0.5) is 0 Å². The van der Waals surface area contributed by atoms with Gasteiger partial charge >= 0.3 is 0 Å². The quantitative estimate of drug-likeness (QED) is 0.620. The van der Waals surface area contributed by atoms with Crippen molar-refractivity contribution in [2.75, 3.05) is 14.2 Å². The zero-order valence-electron chi connectivity index (χ0n) is 11.8. The number of allylic oxidation sites excluding steroid dienone is 1. The predicted octanol–water partition coefficient (Wildman–Crippen LogP) is 4.42. The van der Waals surface area contributed by atoms with Gasteiger partial charge in [0.15, 0.2) is 0 Å². The standard InChI is InChI=1S/C17H14ClNO2/c1-20-16-8-5-13(17(10-16)21-2)9-14(11-19)12-3-6-15(18)7-4-12/h3-10H,1-2H3/b14-9-. The maximum absolute atomic E-state index is 9.36. The van der Waals surface area contributed by atoms with Crippen LogP contribution in [0.25, 0.3) is 11.6 Å². The maximum Gasteiger partial charge on any atom is 0.129 e. The fourth-order valence-electron chi connectivity index (χ4n) is 1.90. The molecule has 0 saturated carbocycles. The Morgan fingerprint density at radius 2 is 1.81 bits per heavy atom. The van der Waals surface area contributed by atoms with E-state index in [4.69, 9.17) is 21.1 Å². The number of nitriles is 1. The summed E-state index contributed by atoms with van der Waals surface area (Å²) in [4.78, 5) is 0. The summed E-state index contributed by atoms with van der Waals surface area (Å²) < 4.78 is 10.5. The Morgan fingerprint density at radius 1 is 1.10 bits per heavy atom. The van der Waals surface area contributed by atoms with Crippen LogP contribution in [-0.4, -0.2) is 14.2 Å². The highest BCUT2D eigenvalue weighted by molar-refractivity contribution is 6.30. The average Bonchev–Trinajstić information content (AvgIpc) is 2.53. The fraction of sp³-hybridized carbons (Fsp3) is 0.118. The highest BCUT2D eigenvalue weighted by atomic mass is 35.5. The number of halogens is 1. The minimum Gasteiger partial charge on any atom is -0.497 e. The monoisotopic (exact) mass is 299 g/mol. The molecule has 0 aliphatic heterocycles. The van der Waals surface area contributed by atoms with Crippen LogP contribution in [-0.2, 0) is 0 Å². The van der Waals surface area contributed by atoms with Gasteiger partial charge in [0.25, 0.3) is 0 Å². The minimum absolute atomic E-state index is 0.537. The van der Waals surface area contributed by atoms with Crippen LogP contribution in [0.1, 0.15) is 11.1 Å². The Bertz CT molecular complexity index is 700. The van der Waals surface area contributed by atoms with Crippen molar-refractivity contribution in [3.8, 4) is 17.6 Å². The molecule has 0 saturated heterocycles. The molecule has 0 aliphatic rings. The lowest BCUT2D eigenvalue weighted by Gasteiger charge is -2.08. The van der Waals surface area contributed by atoms with Crippen LogP contribution in [0.3, 0.4) is 0 Å². The van der Waals surface area contributed by atoms with E-state index in [2.05, 4.69) is 6.07 Å². The van der Waals surface area contributed by atoms with Gasteiger partial charge in [-0.25, -0.2) is 0 Å². The van der Waals surface area contributed by atoms with Gasteiger partial charge in [-0.2, -0.15) is 5.26 Å². The third-order valence-electron chi connectivity index (χ3n) is 3.02. The highest BCUT2D eigenvalue weighted by Crippen LogP contribution is 2.28. The first-order valence-electron chi connectivity index (χ1n) is 6.27. The van der Waals surface area contributed by atoms with Gasteiger partial charge in [-0.05, 0) is 35.9 Å². The zero-order chi connectivity index (χ0) is 15.2. The highest BCUT2D eigenvalue weighted by Gasteiger charge is 2.06. The summed E-state index contributed by atoms with van der Waals surface area (Å²) >= 11 is 5.86. The molecule has 2 aromatic rings. The van der Waals surface area contributed by atoms with Crippen LogP contribution in [0.2, 0.25) is 5.02 Å². The first kappa shape index (κ1) is 15.0. The molecule has 106 valence electrons. The maximum atomic E-state index is 9.36. The van der Waals surface area contributed by atoms with Crippen LogP contribution in [0.5, 0.6) is 11.5 Å². The second kappa shape index (κ2) is 6.83. The normalized spacial score (nSPS) is 10.9. The Balaban J connectivity index is 2.45. The van der Waals surface area contributed by atoms with Gasteiger partial charge in [0.1, 0.15) is 11.5 Å². The molecule has 0 fully saturated rings. The molecule has 2 rings (SSSR count). The summed E-state index contributed by atoms with van der Waals surface area (Å²) in [6.45, 7) is 0. The summed E-state index contributed by atoms with van der Waals surface area (Å²) in [5.74, 6) is 1.35. The molecule has 0 bridgehead atoms. The molecule has 0 aliphatic carbocycles. The van der Waals surface area contributed by atoms with E-state index < -0.39 is 0 Å². The molecular formula is C17H14ClNO2. The molecule has 0 N–H and O–H groups in total. The first-order valence-corrected chi connectivity index (χ1v) is 6.65. The molecule has 4 heteroatoms. The summed E-state index contributed by atoms with van der Waals surface area (Å²) in [6, 6.07) is 14.8. The molecule has 2 aromatic carbocycles. The third-order valence-corrected chi connectivity index (χ3v) is 3.27. The van der Waals surface area contributed by atoms with Crippen LogP contribution < -0.4 is 9.47 Å². The minimum atomic E-state index is 0.537. The van der Waals surface area contributed by atoms with Crippen molar-refractivity contribution in [2.24, 2.45) is 0 Å². The van der Waals surface area contributed by atoms with E-state index in [0.29, 0.717) is 22.1 Å². The lowest BCUT2D eigenvalue weighted by molar-refractivity contribution is 0.394. The van der Waals surface area contributed by atoms with Crippen LogP contribution >= 0.6 is 11.6 Å². The van der Waals surface area contributed by atoms with Crippen molar-refractivity contribution in [1.82, 2.24) is 0 Å². The van der Waals surface area contributed by atoms with E-state index in [1.165, 1.54) is 0 Å². The molecule has 0 aromatic heterocycles. The Morgan fingerprint density at radius 3 is 2.38 bits per heavy atom. The molecule has 0 amide bonds. The van der Waals surface area contributed by atoms with Crippen LogP contribution in [0, 0.1) is 11.3 Å². The third kappa shape index (κ3) is 3.56. The molecule has 21 heavy (non-hydrogen) atoms. The second-order valence-electron chi connectivity index (χ2n) is 4.28. The van der Waals surface area contributed by atoms with Gasteiger partial charge in [0, 0.05) is 16.7 Å². The van der Waals surface area contributed by atoms with E-state index >= 15 is 0 Å². The Hall–Kier alpha value is -2.44. The SMILES string of the molecule is COc1ccc(/C=C(/C#N)c2ccc(Cl)cc2)c(OC)c1. The van der Waals surface area contributed by atoms with E-state index in [1.54, 1.807) is 38.5 Å². The number of hydrogen-bond donors (Lipinski definition) is 0. The summed E-state index contributed by atoms with van der Waals surface area (Å²) in [6.07, 6.45) is 1.78. The number of nitrogens with zero attached hydrogens (tertiary/aromatic N) is 1. The van der Waals surface area contributed by atoms with Crippen molar-refractivity contribution in [1.29, 1.82) is 5.26 Å². The number of benzene rings is 2. The molecule has 0 radical (unpaired) electrons. The topological polar surface area (TPSA) is 42.2 Å². The first-order chi connectivity index (χ1) is 10.2. The summed E-state index contributed by atoms with van der Waals surface area (Å²) in [5.41, 5.74) is 2.15. The van der Waals surface area contributed by atoms with Gasteiger partial charge in [-0.3, -0.25) is 0 Å². The van der Waals surface area contributed by atoms with Gasteiger partial charge in [-0.1, -0.05) is 23.7 Å².